The summed E-state index contributed by atoms with van der Waals surface area (Å²) in [5, 5.41) is 8.03. The van der Waals surface area contributed by atoms with Gasteiger partial charge in [0, 0.05) is 29.5 Å². The highest BCUT2D eigenvalue weighted by molar-refractivity contribution is 6.04. The van der Waals surface area contributed by atoms with E-state index in [1.165, 1.54) is 0 Å². The monoisotopic (exact) mass is 473 g/mol. The quantitative estimate of drug-likeness (QED) is 0.356. The molecule has 0 saturated heterocycles. The Morgan fingerprint density at radius 3 is 2.17 bits per heavy atom. The zero-order chi connectivity index (χ0) is 24.8. The summed E-state index contributed by atoms with van der Waals surface area (Å²) in [5.41, 5.74) is 2.09. The summed E-state index contributed by atoms with van der Waals surface area (Å²) in [5.74, 6) is 2.60. The number of amides is 4. The fourth-order valence-electron chi connectivity index (χ4n) is 3.29. The van der Waals surface area contributed by atoms with Crippen LogP contribution in [0.25, 0.3) is 10.9 Å². The number of fused-ring (bicyclic) bond motifs is 1. The Morgan fingerprint density at radius 2 is 1.46 bits per heavy atom. The van der Waals surface area contributed by atoms with E-state index in [0.29, 0.717) is 40.0 Å². The van der Waals surface area contributed by atoms with Crippen molar-refractivity contribution in [3.63, 3.8) is 0 Å². The Balaban J connectivity index is 1.40. The summed E-state index contributed by atoms with van der Waals surface area (Å²) in [7, 11) is 3.12. The summed E-state index contributed by atoms with van der Waals surface area (Å²) < 4.78 is 16.7. The number of methoxy groups -OCH3 is 2. The second-order valence-electron chi connectivity index (χ2n) is 7.41. The summed E-state index contributed by atoms with van der Waals surface area (Å²) in [6.07, 6.45) is 3.21. The van der Waals surface area contributed by atoms with Gasteiger partial charge in [-0.05, 0) is 61.0 Å². The van der Waals surface area contributed by atoms with Crippen molar-refractivity contribution in [1.82, 2.24) is 15.3 Å². The molecule has 2 aromatic carbocycles. The molecule has 2 heterocycles. The van der Waals surface area contributed by atoms with Gasteiger partial charge in [0.25, 0.3) is 0 Å². The van der Waals surface area contributed by atoms with Crippen LogP contribution < -0.4 is 30.2 Å². The molecule has 4 aromatic rings. The Morgan fingerprint density at radius 1 is 0.771 bits per heavy atom. The van der Waals surface area contributed by atoms with Crippen LogP contribution in [0.5, 0.6) is 23.0 Å². The first kappa shape index (κ1) is 23.3. The molecule has 35 heavy (non-hydrogen) atoms. The molecule has 0 aliphatic heterocycles. The maximum absolute atomic E-state index is 12.2. The number of pyridine rings is 2. The number of urea groups is 2. The van der Waals surface area contributed by atoms with Crippen LogP contribution in [0.2, 0.25) is 0 Å². The molecule has 0 atom stereocenters. The zero-order valence-corrected chi connectivity index (χ0v) is 19.3. The molecule has 2 aromatic heterocycles. The Hall–Kier alpha value is -4.86. The third-order valence-corrected chi connectivity index (χ3v) is 4.93. The molecule has 0 saturated carbocycles. The minimum atomic E-state index is -0.697. The van der Waals surface area contributed by atoms with Gasteiger partial charge in [-0.15, -0.1) is 0 Å². The maximum Gasteiger partial charge on any atom is 0.328 e. The van der Waals surface area contributed by atoms with Crippen molar-refractivity contribution in [1.29, 1.82) is 0 Å². The highest BCUT2D eigenvalue weighted by atomic mass is 16.5. The standard InChI is InChI=1S/C25H23N5O5/c1-15-8-10-27-23(12-15)29-25(32)30-24(31)28-16-4-6-17(7-5-16)35-20-9-11-26-19-14-22(34-3)21(33-2)13-18(19)20/h4-14H,1-3H3,(H3,27,28,29,30,31,32). The van der Waals surface area contributed by atoms with Crippen molar-refractivity contribution in [3.05, 3.63) is 72.6 Å². The van der Waals surface area contributed by atoms with Crippen LogP contribution in [0.3, 0.4) is 0 Å². The van der Waals surface area contributed by atoms with Crippen molar-refractivity contribution in [3.8, 4) is 23.0 Å². The number of imide groups is 1. The van der Waals surface area contributed by atoms with Gasteiger partial charge in [0.05, 0.1) is 19.7 Å². The SMILES string of the molecule is COc1cc2nccc(Oc3ccc(NC(=O)NC(=O)Nc4cc(C)ccn4)cc3)c2cc1OC. The minimum Gasteiger partial charge on any atom is -0.493 e. The summed E-state index contributed by atoms with van der Waals surface area (Å²) in [6, 6.07) is 14.1. The summed E-state index contributed by atoms with van der Waals surface area (Å²) in [6.45, 7) is 1.87. The van der Waals surface area contributed by atoms with E-state index in [2.05, 4.69) is 25.9 Å². The lowest BCUT2D eigenvalue weighted by Crippen LogP contribution is -2.37. The summed E-state index contributed by atoms with van der Waals surface area (Å²) in [4.78, 5) is 32.5. The number of aromatic nitrogens is 2. The fraction of sp³-hybridized carbons (Fsp3) is 0.120. The number of nitrogens with one attached hydrogen (secondary N) is 3. The Kier molecular flexibility index (Phi) is 6.91. The third kappa shape index (κ3) is 5.74. The van der Waals surface area contributed by atoms with E-state index in [1.807, 2.05) is 6.92 Å². The number of hydrogen-bond acceptors (Lipinski definition) is 7. The molecule has 0 spiro atoms. The molecule has 0 aliphatic rings. The van der Waals surface area contributed by atoms with Crippen molar-refractivity contribution in [2.75, 3.05) is 24.9 Å². The fourth-order valence-corrected chi connectivity index (χ4v) is 3.29. The number of nitrogens with zero attached hydrogens (tertiary/aromatic N) is 2. The van der Waals surface area contributed by atoms with Crippen molar-refractivity contribution in [2.24, 2.45) is 0 Å². The maximum atomic E-state index is 12.2. The van der Waals surface area contributed by atoms with E-state index in [0.717, 1.165) is 10.9 Å². The van der Waals surface area contributed by atoms with E-state index in [9.17, 15) is 9.59 Å². The molecular weight excluding hydrogens is 450 g/mol. The molecule has 0 aliphatic carbocycles. The Bertz CT molecular complexity index is 1370. The average molecular weight is 473 g/mol. The minimum absolute atomic E-state index is 0.344. The molecule has 3 N–H and O–H groups in total. The molecule has 4 rings (SSSR count). The number of benzene rings is 2. The number of hydrogen-bond donors (Lipinski definition) is 3. The molecule has 0 bridgehead atoms. The lowest BCUT2D eigenvalue weighted by atomic mass is 10.2. The van der Waals surface area contributed by atoms with Gasteiger partial charge in [0.1, 0.15) is 17.3 Å². The third-order valence-electron chi connectivity index (χ3n) is 4.93. The van der Waals surface area contributed by atoms with Gasteiger partial charge < -0.3 is 19.5 Å². The van der Waals surface area contributed by atoms with E-state index in [4.69, 9.17) is 14.2 Å². The van der Waals surface area contributed by atoms with E-state index >= 15 is 0 Å². The van der Waals surface area contributed by atoms with Gasteiger partial charge >= 0.3 is 12.1 Å². The smallest absolute Gasteiger partial charge is 0.328 e. The first-order chi connectivity index (χ1) is 16.9. The molecule has 0 unspecified atom stereocenters. The first-order valence-electron chi connectivity index (χ1n) is 10.6. The van der Waals surface area contributed by atoms with Gasteiger partial charge in [-0.3, -0.25) is 15.6 Å². The number of anilines is 2. The van der Waals surface area contributed by atoms with E-state index < -0.39 is 12.1 Å². The zero-order valence-electron chi connectivity index (χ0n) is 19.3. The lowest BCUT2D eigenvalue weighted by Gasteiger charge is -2.13. The van der Waals surface area contributed by atoms with E-state index in [-0.39, 0.29) is 0 Å². The van der Waals surface area contributed by atoms with Gasteiger partial charge in [0.2, 0.25) is 0 Å². The van der Waals surface area contributed by atoms with Crippen molar-refractivity contribution in [2.45, 2.75) is 6.92 Å². The highest BCUT2D eigenvalue weighted by Gasteiger charge is 2.12. The second kappa shape index (κ2) is 10.4. The first-order valence-corrected chi connectivity index (χ1v) is 10.6. The van der Waals surface area contributed by atoms with Gasteiger partial charge in [-0.25, -0.2) is 14.6 Å². The predicted octanol–water partition coefficient (Wildman–Crippen LogP) is 5.10. The lowest BCUT2D eigenvalue weighted by molar-refractivity contribution is 0.240. The van der Waals surface area contributed by atoms with Crippen LogP contribution in [0.1, 0.15) is 5.56 Å². The topological polar surface area (TPSA) is 124 Å². The van der Waals surface area contributed by atoms with Crippen LogP contribution >= 0.6 is 0 Å². The number of aryl methyl sites for hydroxylation is 1. The van der Waals surface area contributed by atoms with E-state index in [1.54, 1.807) is 81.2 Å². The molecule has 10 nitrogen and oxygen atoms in total. The molecular formula is C25H23N5O5. The average Bonchev–Trinajstić information content (AvgIpc) is 2.84. The molecule has 0 radical (unpaired) electrons. The van der Waals surface area contributed by atoms with Crippen LogP contribution in [0.15, 0.2) is 67.0 Å². The second-order valence-corrected chi connectivity index (χ2v) is 7.41. The van der Waals surface area contributed by atoms with Gasteiger partial charge in [-0.2, -0.15) is 0 Å². The van der Waals surface area contributed by atoms with Crippen molar-refractivity contribution < 1.29 is 23.8 Å². The predicted molar refractivity (Wildman–Crippen MR) is 132 cm³/mol. The van der Waals surface area contributed by atoms with Crippen LogP contribution in [-0.2, 0) is 0 Å². The van der Waals surface area contributed by atoms with Gasteiger partial charge in [-0.1, -0.05) is 0 Å². The Labute approximate surface area is 201 Å². The highest BCUT2D eigenvalue weighted by Crippen LogP contribution is 2.36. The number of ether oxygens (including phenoxy) is 3. The number of carbonyl (C=O) groups is 2. The number of rotatable bonds is 6. The molecule has 178 valence electrons. The molecule has 0 fully saturated rings. The van der Waals surface area contributed by atoms with Crippen molar-refractivity contribution >= 4 is 34.5 Å². The molecule has 10 heteroatoms. The van der Waals surface area contributed by atoms with Crippen LogP contribution in [-0.4, -0.2) is 36.2 Å². The van der Waals surface area contributed by atoms with Crippen LogP contribution in [0.4, 0.5) is 21.1 Å². The summed E-state index contributed by atoms with van der Waals surface area (Å²) >= 11 is 0. The largest absolute Gasteiger partial charge is 0.493 e. The van der Waals surface area contributed by atoms with Crippen LogP contribution in [0, 0.1) is 6.92 Å². The molecule has 4 amide bonds. The number of carbonyl (C=O) groups excluding carboxylic acids is 2. The van der Waals surface area contributed by atoms with Gasteiger partial charge in [0.15, 0.2) is 11.5 Å². The normalized spacial score (nSPS) is 10.4.